The molecule has 4 heteroatoms. The lowest BCUT2D eigenvalue weighted by Crippen LogP contribution is -2.48. The maximum atomic E-state index is 9.62. The zero-order valence-electron chi connectivity index (χ0n) is 13.2. The fraction of sp³-hybridized carbons (Fsp3) is 0.368. The van der Waals surface area contributed by atoms with E-state index in [-0.39, 0.29) is 5.41 Å². The maximum Gasteiger partial charge on any atom is 0.142 e. The minimum absolute atomic E-state index is 0.262. The predicted molar refractivity (Wildman–Crippen MR) is 92.1 cm³/mol. The minimum Gasteiger partial charge on any atom is -0.383 e. The van der Waals surface area contributed by atoms with E-state index in [1.165, 1.54) is 12.0 Å². The molecule has 2 N–H and O–H groups in total. The van der Waals surface area contributed by atoms with E-state index in [1.807, 2.05) is 24.3 Å². The van der Waals surface area contributed by atoms with Crippen LogP contribution < -0.4 is 5.73 Å². The van der Waals surface area contributed by atoms with Crippen molar-refractivity contribution >= 4 is 17.4 Å². The monoisotopic (exact) mass is 323 g/mol. The summed E-state index contributed by atoms with van der Waals surface area (Å²) in [4.78, 5) is 4.63. The number of rotatable bonds is 1. The van der Waals surface area contributed by atoms with Crippen LogP contribution in [0.1, 0.15) is 43.0 Å². The number of hydrogen-bond acceptors (Lipinski definition) is 3. The first kappa shape index (κ1) is 14.5. The quantitative estimate of drug-likeness (QED) is 0.837. The average molecular weight is 324 g/mol. The number of nitrogens with zero attached hydrogens (tertiary/aromatic N) is 2. The zero-order valence-corrected chi connectivity index (χ0v) is 14.0. The van der Waals surface area contributed by atoms with Gasteiger partial charge in [0.15, 0.2) is 0 Å². The molecule has 0 amide bonds. The third-order valence-corrected chi connectivity index (χ3v) is 6.19. The molecule has 3 aliphatic rings. The van der Waals surface area contributed by atoms with Crippen LogP contribution in [0.15, 0.2) is 24.3 Å². The number of halogens is 1. The summed E-state index contributed by atoms with van der Waals surface area (Å²) in [5, 5.41) is 10.3. The molecule has 1 fully saturated rings. The second kappa shape index (κ2) is 4.72. The molecule has 0 spiro atoms. The molecule has 5 rings (SSSR count). The molecule has 3 nitrogen and oxygen atoms in total. The third-order valence-electron chi connectivity index (χ3n) is 5.86. The highest BCUT2D eigenvalue weighted by Gasteiger charge is 2.54. The lowest BCUT2D eigenvalue weighted by atomic mass is 9.48. The smallest absolute Gasteiger partial charge is 0.142 e. The first-order chi connectivity index (χ1) is 10.9. The standard InChI is InChI=1S/C19H18ClN3/c1-19(2)10-7-12-16(11-5-3-4-6-15(11)20)13(9-21)18(22)23-17(12)14(19)8-10/h3-6,10,14H,7-8H2,1-2H3,(H2,22,23)/t10-,14-/m0/s1. The number of nitriles is 1. The van der Waals surface area contributed by atoms with Crippen LogP contribution >= 0.6 is 11.6 Å². The van der Waals surface area contributed by atoms with Gasteiger partial charge in [0, 0.05) is 22.1 Å². The lowest BCUT2D eigenvalue weighted by Gasteiger charge is -2.56. The molecule has 3 aliphatic carbocycles. The van der Waals surface area contributed by atoms with Crippen LogP contribution in [0.4, 0.5) is 5.82 Å². The maximum absolute atomic E-state index is 9.62. The van der Waals surface area contributed by atoms with Crippen molar-refractivity contribution < 1.29 is 0 Å². The average Bonchev–Trinajstić information content (AvgIpc) is 2.53. The molecule has 1 aromatic carbocycles. The molecule has 1 saturated carbocycles. The Morgan fingerprint density at radius 2 is 2.09 bits per heavy atom. The molecule has 1 aromatic heterocycles. The van der Waals surface area contributed by atoms with E-state index in [4.69, 9.17) is 17.3 Å². The summed E-state index contributed by atoms with van der Waals surface area (Å²) in [6.07, 6.45) is 2.11. The van der Waals surface area contributed by atoms with Gasteiger partial charge in [-0.1, -0.05) is 43.6 Å². The fourth-order valence-corrected chi connectivity index (χ4v) is 4.53. The van der Waals surface area contributed by atoms with Crippen LogP contribution in [-0.4, -0.2) is 4.98 Å². The van der Waals surface area contributed by atoms with Crippen LogP contribution in [0.3, 0.4) is 0 Å². The van der Waals surface area contributed by atoms with Gasteiger partial charge in [-0.15, -0.1) is 0 Å². The summed E-state index contributed by atoms with van der Waals surface area (Å²) in [6, 6.07) is 9.90. The SMILES string of the molecule is CC1(C)[C@H]2Cc3c(nc(N)c(C#N)c3-c3ccccc3Cl)[C@@H]1C2. The second-order valence-electron chi connectivity index (χ2n) is 7.21. The molecular formula is C19H18ClN3. The van der Waals surface area contributed by atoms with E-state index in [1.54, 1.807) is 0 Å². The van der Waals surface area contributed by atoms with Crippen LogP contribution in [0, 0.1) is 22.7 Å². The molecule has 0 radical (unpaired) electrons. The molecule has 0 saturated heterocycles. The van der Waals surface area contributed by atoms with Crippen molar-refractivity contribution in [3.05, 3.63) is 46.1 Å². The molecule has 0 unspecified atom stereocenters. The van der Waals surface area contributed by atoms with E-state index in [2.05, 4.69) is 24.9 Å². The number of nitrogens with two attached hydrogens (primary N) is 1. The largest absolute Gasteiger partial charge is 0.383 e. The lowest BCUT2D eigenvalue weighted by molar-refractivity contribution is 0.0158. The Labute approximate surface area is 141 Å². The number of benzene rings is 1. The molecule has 2 atom stereocenters. The summed E-state index contributed by atoms with van der Waals surface area (Å²) in [7, 11) is 0. The summed E-state index contributed by atoms with van der Waals surface area (Å²) in [5.41, 5.74) is 10.9. The highest BCUT2D eigenvalue weighted by Crippen LogP contribution is 2.63. The number of anilines is 1. The van der Waals surface area contributed by atoms with Gasteiger partial charge < -0.3 is 5.73 Å². The molecule has 2 bridgehead atoms. The Morgan fingerprint density at radius 3 is 2.74 bits per heavy atom. The highest BCUT2D eigenvalue weighted by atomic mass is 35.5. The van der Waals surface area contributed by atoms with E-state index in [0.29, 0.717) is 28.2 Å². The first-order valence-corrected chi connectivity index (χ1v) is 8.30. The van der Waals surface area contributed by atoms with E-state index in [9.17, 15) is 5.26 Å². The first-order valence-electron chi connectivity index (χ1n) is 7.92. The van der Waals surface area contributed by atoms with Crippen molar-refractivity contribution in [2.45, 2.75) is 32.6 Å². The molecule has 0 aliphatic heterocycles. The Kier molecular flexibility index (Phi) is 2.98. The minimum atomic E-state index is 0.262. The Bertz CT molecular complexity index is 864. The van der Waals surface area contributed by atoms with Gasteiger partial charge in [0.2, 0.25) is 0 Å². The Balaban J connectivity index is 2.04. The van der Waals surface area contributed by atoms with Crippen LogP contribution in [-0.2, 0) is 6.42 Å². The van der Waals surface area contributed by atoms with Gasteiger partial charge in [-0.25, -0.2) is 4.98 Å². The van der Waals surface area contributed by atoms with Gasteiger partial charge in [-0.3, -0.25) is 0 Å². The van der Waals surface area contributed by atoms with Crippen molar-refractivity contribution in [3.63, 3.8) is 0 Å². The number of hydrogen-bond donors (Lipinski definition) is 1. The summed E-state index contributed by atoms with van der Waals surface area (Å²) >= 11 is 6.42. The summed E-state index contributed by atoms with van der Waals surface area (Å²) in [6.45, 7) is 4.61. The van der Waals surface area contributed by atoms with Crippen LogP contribution in [0.2, 0.25) is 5.02 Å². The normalized spacial score (nSPS) is 23.6. The predicted octanol–water partition coefficient (Wildman–Crippen LogP) is 4.54. The molecule has 1 heterocycles. The van der Waals surface area contributed by atoms with Gasteiger partial charge in [-0.2, -0.15) is 5.26 Å². The van der Waals surface area contributed by atoms with Crippen molar-refractivity contribution in [1.82, 2.24) is 4.98 Å². The highest BCUT2D eigenvalue weighted by molar-refractivity contribution is 6.33. The van der Waals surface area contributed by atoms with E-state index >= 15 is 0 Å². The second-order valence-corrected chi connectivity index (χ2v) is 7.62. The van der Waals surface area contributed by atoms with Crippen molar-refractivity contribution in [2.75, 3.05) is 5.73 Å². The number of nitrogen functional groups attached to an aromatic ring is 1. The molecule has 116 valence electrons. The molecule has 2 aromatic rings. The van der Waals surface area contributed by atoms with Gasteiger partial charge in [0.1, 0.15) is 17.5 Å². The van der Waals surface area contributed by atoms with Crippen molar-refractivity contribution in [3.8, 4) is 17.2 Å². The van der Waals surface area contributed by atoms with Gasteiger partial charge in [0.25, 0.3) is 0 Å². The van der Waals surface area contributed by atoms with Gasteiger partial charge in [-0.05, 0) is 35.8 Å². The summed E-state index contributed by atoms with van der Waals surface area (Å²) in [5.74, 6) is 1.38. The molecular weight excluding hydrogens is 306 g/mol. The third kappa shape index (κ3) is 1.85. The van der Waals surface area contributed by atoms with Crippen molar-refractivity contribution in [1.29, 1.82) is 5.26 Å². The van der Waals surface area contributed by atoms with Crippen LogP contribution in [0.25, 0.3) is 11.1 Å². The Morgan fingerprint density at radius 1 is 1.35 bits per heavy atom. The fourth-order valence-electron chi connectivity index (χ4n) is 4.30. The summed E-state index contributed by atoms with van der Waals surface area (Å²) < 4.78 is 0. The zero-order chi connectivity index (χ0) is 16.4. The van der Waals surface area contributed by atoms with Gasteiger partial charge in [0.05, 0.1) is 5.69 Å². The van der Waals surface area contributed by atoms with E-state index < -0.39 is 0 Å². The number of pyridine rings is 1. The number of aromatic nitrogens is 1. The van der Waals surface area contributed by atoms with Gasteiger partial charge >= 0.3 is 0 Å². The molecule has 23 heavy (non-hydrogen) atoms. The van der Waals surface area contributed by atoms with Crippen molar-refractivity contribution in [2.24, 2.45) is 11.3 Å². The Hall–Kier alpha value is -2.05. The van der Waals surface area contributed by atoms with E-state index in [0.717, 1.165) is 23.2 Å². The van der Waals surface area contributed by atoms with Crippen LogP contribution in [0.5, 0.6) is 0 Å². The topological polar surface area (TPSA) is 62.7 Å².